The Labute approximate surface area is 94.4 Å². The number of rotatable bonds is 4. The lowest BCUT2D eigenvalue weighted by molar-refractivity contribution is 0.0953. The van der Waals surface area contributed by atoms with Crippen LogP contribution in [0.15, 0.2) is 18.2 Å². The average molecular weight is 219 g/mol. The van der Waals surface area contributed by atoms with Crippen molar-refractivity contribution < 1.29 is 14.3 Å². The first-order valence-corrected chi connectivity index (χ1v) is 4.80. The highest BCUT2D eigenvalue weighted by atomic mass is 16.5. The molecule has 1 aromatic rings. The molecule has 0 radical (unpaired) electrons. The number of ketones is 1. The van der Waals surface area contributed by atoms with Crippen molar-refractivity contribution in [2.45, 2.75) is 6.92 Å². The van der Waals surface area contributed by atoms with Crippen molar-refractivity contribution in [3.8, 4) is 17.6 Å². The molecule has 0 aliphatic rings. The maximum Gasteiger partial charge on any atom is 0.183 e. The zero-order chi connectivity index (χ0) is 12.1. The van der Waals surface area contributed by atoms with Gasteiger partial charge < -0.3 is 9.47 Å². The lowest BCUT2D eigenvalue weighted by atomic mass is 9.99. The molecule has 0 N–H and O–H groups in total. The van der Waals surface area contributed by atoms with Gasteiger partial charge in [-0.2, -0.15) is 5.26 Å². The van der Waals surface area contributed by atoms with E-state index in [2.05, 4.69) is 0 Å². The van der Waals surface area contributed by atoms with Crippen LogP contribution in [0.2, 0.25) is 0 Å². The Bertz CT molecular complexity index is 434. The van der Waals surface area contributed by atoms with E-state index in [1.54, 1.807) is 25.1 Å². The number of nitrogens with zero attached hydrogens (tertiary/aromatic N) is 1. The molecular weight excluding hydrogens is 206 g/mol. The predicted octanol–water partition coefficient (Wildman–Crippen LogP) is 2.05. The molecule has 0 aromatic heterocycles. The summed E-state index contributed by atoms with van der Waals surface area (Å²) < 4.78 is 10.1. The molecule has 0 bridgehead atoms. The minimum Gasteiger partial charge on any atom is -0.497 e. The summed E-state index contributed by atoms with van der Waals surface area (Å²) in [4.78, 5) is 11.9. The van der Waals surface area contributed by atoms with Crippen molar-refractivity contribution in [3.63, 3.8) is 0 Å². The molecule has 84 valence electrons. The fourth-order valence-corrected chi connectivity index (χ4v) is 1.30. The smallest absolute Gasteiger partial charge is 0.183 e. The molecule has 1 atom stereocenters. The van der Waals surface area contributed by atoms with Gasteiger partial charge in [0.05, 0.1) is 25.9 Å². The lowest BCUT2D eigenvalue weighted by Gasteiger charge is -2.10. The summed E-state index contributed by atoms with van der Waals surface area (Å²) in [5.74, 6) is 0.0569. The van der Waals surface area contributed by atoms with Gasteiger partial charge in [-0.05, 0) is 25.1 Å². The molecule has 0 saturated carbocycles. The van der Waals surface area contributed by atoms with Crippen molar-refractivity contribution in [1.29, 1.82) is 5.26 Å². The molecule has 0 saturated heterocycles. The highest BCUT2D eigenvalue weighted by Gasteiger charge is 2.19. The van der Waals surface area contributed by atoms with Gasteiger partial charge in [-0.25, -0.2) is 0 Å². The van der Waals surface area contributed by atoms with E-state index in [4.69, 9.17) is 14.7 Å². The van der Waals surface area contributed by atoms with Gasteiger partial charge >= 0.3 is 0 Å². The van der Waals surface area contributed by atoms with Gasteiger partial charge in [0.1, 0.15) is 17.4 Å². The summed E-state index contributed by atoms with van der Waals surface area (Å²) >= 11 is 0. The molecule has 4 nitrogen and oxygen atoms in total. The predicted molar refractivity (Wildman–Crippen MR) is 58.7 cm³/mol. The molecule has 0 spiro atoms. The van der Waals surface area contributed by atoms with E-state index in [1.165, 1.54) is 14.2 Å². The second-order valence-electron chi connectivity index (χ2n) is 3.28. The number of nitriles is 1. The molecule has 0 amide bonds. The van der Waals surface area contributed by atoms with E-state index < -0.39 is 5.92 Å². The number of methoxy groups -OCH3 is 2. The number of carbonyl (C=O) groups is 1. The van der Waals surface area contributed by atoms with Gasteiger partial charge in [0.2, 0.25) is 0 Å². The van der Waals surface area contributed by atoms with Crippen LogP contribution in [0.5, 0.6) is 11.5 Å². The number of hydrogen-bond acceptors (Lipinski definition) is 4. The van der Waals surface area contributed by atoms with Crippen molar-refractivity contribution >= 4 is 5.78 Å². The Morgan fingerprint density at radius 3 is 2.56 bits per heavy atom. The fraction of sp³-hybridized carbons (Fsp3) is 0.333. The summed E-state index contributed by atoms with van der Waals surface area (Å²) in [5, 5.41) is 8.71. The Kier molecular flexibility index (Phi) is 3.90. The normalized spacial score (nSPS) is 11.4. The number of ether oxygens (including phenoxy) is 2. The van der Waals surface area contributed by atoms with E-state index in [-0.39, 0.29) is 5.78 Å². The molecule has 4 heteroatoms. The first-order valence-electron chi connectivity index (χ1n) is 4.80. The first-order chi connectivity index (χ1) is 7.63. The second-order valence-corrected chi connectivity index (χ2v) is 3.28. The third kappa shape index (κ3) is 2.31. The van der Waals surface area contributed by atoms with Gasteiger partial charge in [-0.3, -0.25) is 4.79 Å². The Balaban J connectivity index is 3.19. The molecule has 1 aromatic carbocycles. The van der Waals surface area contributed by atoms with Gasteiger partial charge in [-0.15, -0.1) is 0 Å². The second kappa shape index (κ2) is 5.17. The average Bonchev–Trinajstić information content (AvgIpc) is 2.35. The molecule has 16 heavy (non-hydrogen) atoms. The van der Waals surface area contributed by atoms with Gasteiger partial charge in [0.15, 0.2) is 5.78 Å². The van der Waals surface area contributed by atoms with Crippen LogP contribution in [-0.2, 0) is 0 Å². The Hall–Kier alpha value is -2.02. The van der Waals surface area contributed by atoms with E-state index in [1.807, 2.05) is 6.07 Å². The summed E-state index contributed by atoms with van der Waals surface area (Å²) in [5.41, 5.74) is 0.371. The fourth-order valence-electron chi connectivity index (χ4n) is 1.30. The van der Waals surface area contributed by atoms with Crippen molar-refractivity contribution in [2.75, 3.05) is 14.2 Å². The summed E-state index contributed by atoms with van der Waals surface area (Å²) in [7, 11) is 3.00. The maximum atomic E-state index is 11.9. The zero-order valence-corrected chi connectivity index (χ0v) is 9.48. The van der Waals surface area contributed by atoms with Crippen LogP contribution < -0.4 is 9.47 Å². The number of hydrogen-bond donors (Lipinski definition) is 0. The van der Waals surface area contributed by atoms with E-state index in [0.29, 0.717) is 17.1 Å². The van der Waals surface area contributed by atoms with E-state index in [0.717, 1.165) is 0 Å². The number of benzene rings is 1. The highest BCUT2D eigenvalue weighted by molar-refractivity contribution is 6.01. The molecule has 0 fully saturated rings. The van der Waals surface area contributed by atoms with Gasteiger partial charge in [-0.1, -0.05) is 0 Å². The minimum atomic E-state index is -0.694. The maximum absolute atomic E-state index is 11.9. The van der Waals surface area contributed by atoms with Crippen LogP contribution in [0.1, 0.15) is 17.3 Å². The van der Waals surface area contributed by atoms with Crippen molar-refractivity contribution in [1.82, 2.24) is 0 Å². The Morgan fingerprint density at radius 2 is 2.06 bits per heavy atom. The number of Topliss-reactive ketones (excluding diaryl/α,β-unsaturated/α-hetero) is 1. The standard InChI is InChI=1S/C12H13NO3/c1-8(7-13)12(14)10-6-9(15-2)4-5-11(10)16-3/h4-6,8H,1-3H3. The van der Waals surface area contributed by atoms with Crippen LogP contribution in [0.4, 0.5) is 0 Å². The van der Waals surface area contributed by atoms with Crippen LogP contribution in [0.25, 0.3) is 0 Å². The van der Waals surface area contributed by atoms with Crippen LogP contribution >= 0.6 is 0 Å². The third-order valence-corrected chi connectivity index (χ3v) is 2.26. The first kappa shape index (κ1) is 12.1. The van der Waals surface area contributed by atoms with Gasteiger partial charge in [0.25, 0.3) is 0 Å². The quantitative estimate of drug-likeness (QED) is 0.727. The van der Waals surface area contributed by atoms with Crippen LogP contribution in [0.3, 0.4) is 0 Å². The SMILES string of the molecule is COc1ccc(OC)c(C(=O)C(C)C#N)c1. The van der Waals surface area contributed by atoms with E-state index >= 15 is 0 Å². The van der Waals surface area contributed by atoms with Crippen molar-refractivity contribution in [3.05, 3.63) is 23.8 Å². The summed E-state index contributed by atoms with van der Waals surface area (Å²) in [6, 6.07) is 6.83. The lowest BCUT2D eigenvalue weighted by Crippen LogP contribution is -2.10. The van der Waals surface area contributed by atoms with Crippen LogP contribution in [-0.4, -0.2) is 20.0 Å². The van der Waals surface area contributed by atoms with Crippen molar-refractivity contribution in [2.24, 2.45) is 5.92 Å². The topological polar surface area (TPSA) is 59.3 Å². The van der Waals surface area contributed by atoms with Crippen LogP contribution in [0, 0.1) is 17.2 Å². The molecule has 1 rings (SSSR count). The molecule has 0 aliphatic heterocycles. The summed E-state index contributed by atoms with van der Waals surface area (Å²) in [6.07, 6.45) is 0. The van der Waals surface area contributed by atoms with E-state index in [9.17, 15) is 4.79 Å². The monoisotopic (exact) mass is 219 g/mol. The van der Waals surface area contributed by atoms with Gasteiger partial charge in [0, 0.05) is 0 Å². The number of carbonyl (C=O) groups excluding carboxylic acids is 1. The molecule has 0 aliphatic carbocycles. The molecule has 0 heterocycles. The zero-order valence-electron chi connectivity index (χ0n) is 9.48. The Morgan fingerprint density at radius 1 is 1.38 bits per heavy atom. The third-order valence-electron chi connectivity index (χ3n) is 2.26. The minimum absolute atomic E-state index is 0.266. The molecule has 1 unspecified atom stereocenters. The summed E-state index contributed by atoms with van der Waals surface area (Å²) in [6.45, 7) is 1.56. The largest absolute Gasteiger partial charge is 0.497 e. The highest BCUT2D eigenvalue weighted by Crippen LogP contribution is 2.26. The molecular formula is C12H13NO3.